The predicted octanol–water partition coefficient (Wildman–Crippen LogP) is 1.46. The Morgan fingerprint density at radius 2 is 1.90 bits per heavy atom. The minimum Gasteiger partial charge on any atom is -0.496 e. The van der Waals surface area contributed by atoms with E-state index in [4.69, 9.17) is 14.6 Å². The van der Waals surface area contributed by atoms with Crippen molar-refractivity contribution < 1.29 is 24.2 Å². The molecule has 0 bridgehead atoms. The van der Waals surface area contributed by atoms with E-state index in [0.29, 0.717) is 11.5 Å². The van der Waals surface area contributed by atoms with Crippen molar-refractivity contribution in [3.63, 3.8) is 0 Å². The highest BCUT2D eigenvalue weighted by atomic mass is 16.5. The second kappa shape index (κ2) is 7.18. The van der Waals surface area contributed by atoms with E-state index in [9.17, 15) is 9.59 Å². The molecular weight excluding hydrogens is 262 g/mol. The molecule has 1 aromatic carbocycles. The molecule has 0 saturated carbocycles. The van der Waals surface area contributed by atoms with Crippen LogP contribution in [0.1, 0.15) is 16.8 Å². The molecule has 1 amide bonds. The third-order valence-corrected chi connectivity index (χ3v) is 2.66. The number of aliphatic carboxylic acids is 1. The topological polar surface area (TPSA) is 84.9 Å². The predicted molar refractivity (Wildman–Crippen MR) is 73.3 cm³/mol. The first-order valence-corrected chi connectivity index (χ1v) is 5.90. The van der Waals surface area contributed by atoms with E-state index in [-0.39, 0.29) is 12.0 Å². The number of hydrogen-bond donors (Lipinski definition) is 2. The van der Waals surface area contributed by atoms with E-state index in [2.05, 4.69) is 11.9 Å². The quantitative estimate of drug-likeness (QED) is 0.738. The zero-order valence-corrected chi connectivity index (χ0v) is 11.4. The Balaban J connectivity index is 3.07. The molecule has 1 atom stereocenters. The van der Waals surface area contributed by atoms with Crippen LogP contribution >= 0.6 is 0 Å². The minimum absolute atomic E-state index is 0.124. The molecule has 1 unspecified atom stereocenters. The van der Waals surface area contributed by atoms with Gasteiger partial charge in [0, 0.05) is 0 Å². The maximum atomic E-state index is 12.2. The van der Waals surface area contributed by atoms with Gasteiger partial charge in [-0.25, -0.2) is 4.79 Å². The molecule has 6 nitrogen and oxygen atoms in total. The highest BCUT2D eigenvalue weighted by Gasteiger charge is 2.23. The molecule has 108 valence electrons. The number of carbonyl (C=O) groups is 2. The van der Waals surface area contributed by atoms with Crippen molar-refractivity contribution in [3.05, 3.63) is 36.4 Å². The van der Waals surface area contributed by atoms with Crippen LogP contribution in [0.5, 0.6) is 11.5 Å². The third-order valence-electron chi connectivity index (χ3n) is 2.66. The zero-order chi connectivity index (χ0) is 15.1. The number of hydrogen-bond acceptors (Lipinski definition) is 4. The van der Waals surface area contributed by atoms with Gasteiger partial charge in [0.25, 0.3) is 5.91 Å². The molecule has 0 aliphatic carbocycles. The number of carboxylic acids is 1. The Labute approximate surface area is 117 Å². The van der Waals surface area contributed by atoms with Crippen molar-refractivity contribution in [2.45, 2.75) is 12.5 Å². The standard InChI is InChI=1S/C14H17NO5/c1-4-6-9(14(17)18)15-13(16)12-10(19-2)7-5-8-11(12)20-3/h4-5,7-9H,1,6H2,2-3H3,(H,15,16)(H,17,18). The highest BCUT2D eigenvalue weighted by molar-refractivity contribution is 6.01. The molecule has 0 aliphatic heterocycles. The number of carboxylic acid groups (broad SMARTS) is 1. The van der Waals surface area contributed by atoms with Crippen LogP contribution < -0.4 is 14.8 Å². The van der Waals surface area contributed by atoms with Gasteiger partial charge in [0.15, 0.2) is 0 Å². The van der Waals surface area contributed by atoms with Crippen molar-refractivity contribution in [3.8, 4) is 11.5 Å². The summed E-state index contributed by atoms with van der Waals surface area (Å²) in [5.74, 6) is -1.09. The van der Waals surface area contributed by atoms with Crippen LogP contribution in [0.25, 0.3) is 0 Å². The minimum atomic E-state index is -1.13. The lowest BCUT2D eigenvalue weighted by molar-refractivity contribution is -0.139. The van der Waals surface area contributed by atoms with Crippen LogP contribution in [0.3, 0.4) is 0 Å². The lowest BCUT2D eigenvalue weighted by atomic mass is 10.1. The molecular formula is C14H17NO5. The summed E-state index contributed by atoms with van der Waals surface area (Å²) in [4.78, 5) is 23.3. The average molecular weight is 279 g/mol. The maximum absolute atomic E-state index is 12.2. The first-order chi connectivity index (χ1) is 9.54. The average Bonchev–Trinajstić information content (AvgIpc) is 2.45. The largest absolute Gasteiger partial charge is 0.496 e. The molecule has 0 spiro atoms. The summed E-state index contributed by atoms with van der Waals surface area (Å²) in [5, 5.41) is 11.4. The number of amides is 1. The van der Waals surface area contributed by atoms with Gasteiger partial charge in [-0.05, 0) is 18.6 Å². The Morgan fingerprint density at radius 1 is 1.35 bits per heavy atom. The van der Waals surface area contributed by atoms with Gasteiger partial charge in [-0.1, -0.05) is 12.1 Å². The van der Waals surface area contributed by atoms with Crippen LogP contribution in [0.15, 0.2) is 30.9 Å². The fraction of sp³-hybridized carbons (Fsp3) is 0.286. The van der Waals surface area contributed by atoms with Gasteiger partial charge in [-0.3, -0.25) is 4.79 Å². The van der Waals surface area contributed by atoms with E-state index in [1.807, 2.05) is 0 Å². The van der Waals surface area contributed by atoms with Crippen molar-refractivity contribution in [1.29, 1.82) is 0 Å². The monoisotopic (exact) mass is 279 g/mol. The summed E-state index contributed by atoms with van der Waals surface area (Å²) in [7, 11) is 2.84. The maximum Gasteiger partial charge on any atom is 0.326 e. The summed E-state index contributed by atoms with van der Waals surface area (Å²) in [6, 6.07) is 3.82. The van der Waals surface area contributed by atoms with E-state index >= 15 is 0 Å². The van der Waals surface area contributed by atoms with Gasteiger partial charge in [-0.2, -0.15) is 0 Å². The summed E-state index contributed by atoms with van der Waals surface area (Å²) >= 11 is 0. The first-order valence-electron chi connectivity index (χ1n) is 5.90. The Hall–Kier alpha value is -2.50. The van der Waals surface area contributed by atoms with Gasteiger partial charge >= 0.3 is 5.97 Å². The smallest absolute Gasteiger partial charge is 0.326 e. The number of nitrogens with one attached hydrogen (secondary N) is 1. The molecule has 0 heterocycles. The van der Waals surface area contributed by atoms with Gasteiger partial charge in [0.2, 0.25) is 0 Å². The Kier molecular flexibility index (Phi) is 5.58. The molecule has 0 aliphatic rings. The van der Waals surface area contributed by atoms with Crippen molar-refractivity contribution in [2.24, 2.45) is 0 Å². The molecule has 1 rings (SSSR count). The second-order valence-corrected chi connectivity index (χ2v) is 3.93. The fourth-order valence-electron chi connectivity index (χ4n) is 1.69. The van der Waals surface area contributed by atoms with E-state index < -0.39 is 17.9 Å². The molecule has 0 aromatic heterocycles. The van der Waals surface area contributed by atoms with Crippen LogP contribution in [0.4, 0.5) is 0 Å². The molecule has 1 aromatic rings. The van der Waals surface area contributed by atoms with Crippen LogP contribution in [-0.4, -0.2) is 37.2 Å². The number of methoxy groups -OCH3 is 2. The Bertz CT molecular complexity index is 490. The zero-order valence-electron chi connectivity index (χ0n) is 11.4. The number of rotatable bonds is 7. The lowest BCUT2D eigenvalue weighted by Gasteiger charge is -2.16. The van der Waals surface area contributed by atoms with Crippen molar-refractivity contribution in [1.82, 2.24) is 5.32 Å². The van der Waals surface area contributed by atoms with E-state index in [1.54, 1.807) is 18.2 Å². The van der Waals surface area contributed by atoms with Crippen LogP contribution in [0.2, 0.25) is 0 Å². The summed E-state index contributed by atoms with van der Waals surface area (Å²) in [5.41, 5.74) is 0.160. The number of benzene rings is 1. The first kappa shape index (κ1) is 15.6. The molecule has 20 heavy (non-hydrogen) atoms. The van der Waals surface area contributed by atoms with Crippen molar-refractivity contribution >= 4 is 11.9 Å². The summed E-state index contributed by atoms with van der Waals surface area (Å²) in [6.45, 7) is 3.47. The van der Waals surface area contributed by atoms with Gasteiger partial charge in [-0.15, -0.1) is 6.58 Å². The molecule has 0 fully saturated rings. The van der Waals surface area contributed by atoms with Gasteiger partial charge < -0.3 is 19.9 Å². The molecule has 0 saturated heterocycles. The highest BCUT2D eigenvalue weighted by Crippen LogP contribution is 2.28. The van der Waals surface area contributed by atoms with E-state index in [0.717, 1.165) is 0 Å². The Morgan fingerprint density at radius 3 is 2.30 bits per heavy atom. The second-order valence-electron chi connectivity index (χ2n) is 3.93. The molecule has 6 heteroatoms. The fourth-order valence-corrected chi connectivity index (χ4v) is 1.69. The van der Waals surface area contributed by atoms with E-state index in [1.165, 1.54) is 20.3 Å². The number of carbonyl (C=O) groups excluding carboxylic acids is 1. The van der Waals surface area contributed by atoms with Gasteiger partial charge in [0.05, 0.1) is 14.2 Å². The van der Waals surface area contributed by atoms with Crippen LogP contribution in [-0.2, 0) is 4.79 Å². The van der Waals surface area contributed by atoms with Gasteiger partial charge in [0.1, 0.15) is 23.1 Å². The van der Waals surface area contributed by atoms with Crippen LogP contribution in [0, 0.1) is 0 Å². The number of ether oxygens (including phenoxy) is 2. The normalized spacial score (nSPS) is 11.3. The molecule has 0 radical (unpaired) electrons. The lowest BCUT2D eigenvalue weighted by Crippen LogP contribution is -2.40. The molecule has 2 N–H and O–H groups in total. The summed E-state index contributed by atoms with van der Waals surface area (Å²) < 4.78 is 10.2. The SMILES string of the molecule is C=CCC(NC(=O)c1c(OC)cccc1OC)C(=O)O. The summed E-state index contributed by atoms with van der Waals surface area (Å²) in [6.07, 6.45) is 1.55. The third kappa shape index (κ3) is 3.50. The van der Waals surface area contributed by atoms with Crippen molar-refractivity contribution in [2.75, 3.05) is 14.2 Å².